The highest BCUT2D eigenvalue weighted by molar-refractivity contribution is 9.10. The van der Waals surface area contributed by atoms with Crippen LogP contribution in [-0.2, 0) is 6.54 Å². The molecule has 0 bridgehead atoms. The summed E-state index contributed by atoms with van der Waals surface area (Å²) in [6.45, 7) is 8.96. The van der Waals surface area contributed by atoms with Gasteiger partial charge in [0.05, 0.1) is 6.04 Å². The van der Waals surface area contributed by atoms with E-state index in [2.05, 4.69) is 53.3 Å². The molecule has 2 rings (SSSR count). The number of halogens is 1. The lowest BCUT2D eigenvalue weighted by Crippen LogP contribution is -2.29. The lowest BCUT2D eigenvalue weighted by atomic mass is 10.00. The summed E-state index contributed by atoms with van der Waals surface area (Å²) in [7, 11) is 0. The Labute approximate surface area is 134 Å². The molecule has 3 nitrogen and oxygen atoms in total. The smallest absolute Gasteiger partial charge is 0.268 e. The van der Waals surface area contributed by atoms with Gasteiger partial charge < -0.3 is 9.88 Å². The fraction of sp³-hybridized carbons (Fsp3) is 0.353. The van der Waals surface area contributed by atoms with E-state index in [0.717, 1.165) is 16.6 Å². The van der Waals surface area contributed by atoms with Gasteiger partial charge in [-0.05, 0) is 60.8 Å². The van der Waals surface area contributed by atoms with E-state index in [1.165, 1.54) is 11.1 Å². The first kappa shape index (κ1) is 15.8. The van der Waals surface area contributed by atoms with E-state index in [-0.39, 0.29) is 11.9 Å². The van der Waals surface area contributed by atoms with E-state index in [4.69, 9.17) is 0 Å². The number of carbonyl (C=O) groups excluding carboxylic acids is 1. The quantitative estimate of drug-likeness (QED) is 0.873. The number of nitrogens with one attached hydrogen (secondary N) is 1. The first-order chi connectivity index (χ1) is 9.92. The van der Waals surface area contributed by atoms with Gasteiger partial charge in [-0.2, -0.15) is 0 Å². The van der Waals surface area contributed by atoms with Gasteiger partial charge in [0, 0.05) is 17.2 Å². The van der Waals surface area contributed by atoms with E-state index >= 15 is 0 Å². The summed E-state index contributed by atoms with van der Waals surface area (Å²) in [6.07, 6.45) is 1.93. The molecule has 1 heterocycles. The zero-order chi connectivity index (χ0) is 15.6. The van der Waals surface area contributed by atoms with Gasteiger partial charge in [0.15, 0.2) is 0 Å². The number of hydrogen-bond donors (Lipinski definition) is 1. The first-order valence-electron chi connectivity index (χ1n) is 7.16. The largest absolute Gasteiger partial charge is 0.344 e. The molecule has 112 valence electrons. The van der Waals surface area contributed by atoms with E-state index in [0.29, 0.717) is 5.69 Å². The molecule has 0 spiro atoms. The molecule has 1 amide bonds. The van der Waals surface area contributed by atoms with Crippen molar-refractivity contribution in [1.29, 1.82) is 0 Å². The number of hydrogen-bond acceptors (Lipinski definition) is 1. The van der Waals surface area contributed by atoms with Crippen molar-refractivity contribution in [2.75, 3.05) is 0 Å². The minimum absolute atomic E-state index is 0.0172. The number of rotatable bonds is 4. The third kappa shape index (κ3) is 3.56. The summed E-state index contributed by atoms with van der Waals surface area (Å²) in [4.78, 5) is 12.5. The van der Waals surface area contributed by atoms with Crippen LogP contribution in [0.3, 0.4) is 0 Å². The highest BCUT2D eigenvalue weighted by atomic mass is 79.9. The predicted octanol–water partition coefficient (Wildman–Crippen LogP) is 4.38. The Kier molecular flexibility index (Phi) is 4.88. The minimum atomic E-state index is -0.0454. The monoisotopic (exact) mass is 348 g/mol. The maximum atomic E-state index is 12.5. The van der Waals surface area contributed by atoms with Crippen molar-refractivity contribution in [3.63, 3.8) is 0 Å². The van der Waals surface area contributed by atoms with Gasteiger partial charge in [-0.15, -0.1) is 0 Å². The van der Waals surface area contributed by atoms with Crippen molar-refractivity contribution in [2.45, 2.75) is 40.3 Å². The molecule has 0 aliphatic heterocycles. The van der Waals surface area contributed by atoms with Crippen LogP contribution in [-0.4, -0.2) is 10.5 Å². The fourth-order valence-corrected chi connectivity index (χ4v) is 2.97. The van der Waals surface area contributed by atoms with Gasteiger partial charge >= 0.3 is 0 Å². The van der Waals surface area contributed by atoms with Crippen LogP contribution in [0.1, 0.15) is 47.1 Å². The van der Waals surface area contributed by atoms with Crippen LogP contribution in [0.4, 0.5) is 0 Å². The molecule has 2 aromatic rings. The molecule has 0 fully saturated rings. The third-order valence-electron chi connectivity index (χ3n) is 3.69. The number of benzene rings is 1. The summed E-state index contributed by atoms with van der Waals surface area (Å²) in [5, 5.41) is 3.09. The molecule has 21 heavy (non-hydrogen) atoms. The second-order valence-corrected chi connectivity index (χ2v) is 6.30. The van der Waals surface area contributed by atoms with Gasteiger partial charge in [0.25, 0.3) is 5.91 Å². The van der Waals surface area contributed by atoms with Gasteiger partial charge in [-0.1, -0.05) is 23.8 Å². The standard InChI is InChI=1S/C17H21BrN2O/c1-5-20-10-14(18)9-16(20)17(21)19-13(4)15-8-11(2)6-7-12(15)3/h6-10,13H,5H2,1-4H3,(H,19,21). The molecule has 0 aliphatic carbocycles. The molecule has 0 radical (unpaired) electrons. The second-order valence-electron chi connectivity index (χ2n) is 5.38. The highest BCUT2D eigenvalue weighted by Gasteiger charge is 2.16. The summed E-state index contributed by atoms with van der Waals surface area (Å²) < 4.78 is 2.86. The van der Waals surface area contributed by atoms with E-state index in [9.17, 15) is 4.79 Å². The molecule has 1 N–H and O–H groups in total. The molecular formula is C17H21BrN2O. The molecule has 4 heteroatoms. The zero-order valence-corrected chi connectivity index (χ0v) is 14.5. The Morgan fingerprint density at radius 2 is 2.05 bits per heavy atom. The van der Waals surface area contributed by atoms with Crippen molar-refractivity contribution in [3.05, 3.63) is 57.3 Å². The molecule has 1 aromatic heterocycles. The number of carbonyl (C=O) groups is 1. The van der Waals surface area contributed by atoms with Crippen LogP contribution in [0.25, 0.3) is 0 Å². The number of aromatic nitrogens is 1. The molecule has 1 aromatic carbocycles. The Hall–Kier alpha value is -1.55. The average molecular weight is 349 g/mol. The van der Waals surface area contributed by atoms with Crippen LogP contribution in [0.2, 0.25) is 0 Å². The molecular weight excluding hydrogens is 328 g/mol. The fourth-order valence-electron chi connectivity index (χ4n) is 2.50. The van der Waals surface area contributed by atoms with Crippen LogP contribution >= 0.6 is 15.9 Å². The molecule has 0 aliphatic rings. The van der Waals surface area contributed by atoms with Crippen LogP contribution in [0.15, 0.2) is 34.9 Å². The molecule has 0 saturated carbocycles. The Morgan fingerprint density at radius 1 is 1.33 bits per heavy atom. The summed E-state index contributed by atoms with van der Waals surface area (Å²) in [5.74, 6) is -0.0454. The molecule has 1 atom stereocenters. The van der Waals surface area contributed by atoms with Crippen LogP contribution in [0, 0.1) is 13.8 Å². The average Bonchev–Trinajstić information content (AvgIpc) is 2.82. The van der Waals surface area contributed by atoms with Gasteiger partial charge in [0.2, 0.25) is 0 Å². The first-order valence-corrected chi connectivity index (χ1v) is 7.95. The lowest BCUT2D eigenvalue weighted by molar-refractivity contribution is 0.0930. The summed E-state index contributed by atoms with van der Waals surface area (Å²) in [6, 6.07) is 8.16. The molecule has 1 unspecified atom stereocenters. The topological polar surface area (TPSA) is 34.0 Å². The summed E-state index contributed by atoms with van der Waals surface area (Å²) >= 11 is 3.42. The maximum absolute atomic E-state index is 12.5. The third-order valence-corrected chi connectivity index (χ3v) is 4.12. The zero-order valence-electron chi connectivity index (χ0n) is 12.9. The normalized spacial score (nSPS) is 12.2. The Morgan fingerprint density at radius 3 is 2.71 bits per heavy atom. The van der Waals surface area contributed by atoms with Gasteiger partial charge in [0.1, 0.15) is 5.69 Å². The Bertz CT molecular complexity index is 661. The summed E-state index contributed by atoms with van der Waals surface area (Å²) in [5.41, 5.74) is 4.25. The van der Waals surface area contributed by atoms with E-state index < -0.39 is 0 Å². The SMILES string of the molecule is CCn1cc(Br)cc1C(=O)NC(C)c1cc(C)ccc1C. The van der Waals surface area contributed by atoms with Crippen molar-refractivity contribution < 1.29 is 4.79 Å². The van der Waals surface area contributed by atoms with Crippen molar-refractivity contribution in [3.8, 4) is 0 Å². The van der Waals surface area contributed by atoms with E-state index in [1.807, 2.05) is 30.7 Å². The maximum Gasteiger partial charge on any atom is 0.268 e. The molecule has 0 saturated heterocycles. The van der Waals surface area contributed by atoms with Crippen molar-refractivity contribution >= 4 is 21.8 Å². The predicted molar refractivity (Wildman–Crippen MR) is 89.6 cm³/mol. The highest BCUT2D eigenvalue weighted by Crippen LogP contribution is 2.20. The van der Waals surface area contributed by atoms with Gasteiger partial charge in [-0.3, -0.25) is 4.79 Å². The minimum Gasteiger partial charge on any atom is -0.344 e. The lowest BCUT2D eigenvalue weighted by Gasteiger charge is -2.18. The number of nitrogens with zero attached hydrogens (tertiary/aromatic N) is 1. The van der Waals surface area contributed by atoms with Crippen molar-refractivity contribution in [2.24, 2.45) is 0 Å². The van der Waals surface area contributed by atoms with Crippen LogP contribution in [0.5, 0.6) is 0 Å². The number of aryl methyl sites for hydroxylation is 3. The van der Waals surface area contributed by atoms with Crippen LogP contribution < -0.4 is 5.32 Å². The number of amides is 1. The Balaban J connectivity index is 2.20. The van der Waals surface area contributed by atoms with E-state index in [1.54, 1.807) is 0 Å². The van der Waals surface area contributed by atoms with Crippen molar-refractivity contribution in [1.82, 2.24) is 9.88 Å². The second kappa shape index (κ2) is 6.48. The van der Waals surface area contributed by atoms with Gasteiger partial charge in [-0.25, -0.2) is 0 Å².